The molecule has 0 unspecified atom stereocenters. The van der Waals surface area contributed by atoms with Gasteiger partial charge in [0, 0.05) is 48.0 Å². The van der Waals surface area contributed by atoms with Crippen LogP contribution in [-0.4, -0.2) is 42.6 Å². The number of Topliss-reactive ketones (excluding diaryl/α,β-unsaturated/α-hetero) is 2. The molecule has 1 saturated heterocycles. The van der Waals surface area contributed by atoms with Crippen LogP contribution >= 0.6 is 23.2 Å². The zero-order chi connectivity index (χ0) is 18.3. The van der Waals surface area contributed by atoms with Crippen LogP contribution in [-0.2, 0) is 0 Å². The molecule has 1 aliphatic carbocycles. The normalized spacial score (nSPS) is 17.6. The molecule has 0 spiro atoms. The van der Waals surface area contributed by atoms with E-state index in [0.717, 1.165) is 18.8 Å². The quantitative estimate of drug-likeness (QED) is 0.782. The van der Waals surface area contributed by atoms with Crippen molar-refractivity contribution < 1.29 is 9.59 Å². The topological polar surface area (TPSA) is 40.6 Å². The number of allylic oxidation sites excluding steroid dienone is 2. The smallest absolute Gasteiger partial charge is 0.211 e. The lowest BCUT2D eigenvalue weighted by Gasteiger charge is -2.39. The van der Waals surface area contributed by atoms with Crippen LogP contribution in [0.5, 0.6) is 0 Å². The maximum absolute atomic E-state index is 12.9. The molecule has 0 saturated carbocycles. The minimum absolute atomic E-state index is 0.0184. The number of fused-ring (bicyclic) bond motifs is 1. The molecule has 4 rings (SSSR count). The Morgan fingerprint density at radius 2 is 1.35 bits per heavy atom. The standard InChI is InChI=1S/C20H16Cl2N2O2/c21-13-4-3-5-14(12-13)23-8-10-24(11-9-23)18-17(22)19(25)15-6-1-2-7-16(15)20(18)26/h1-7,12H,8-11H2. The molecule has 0 aromatic heterocycles. The average Bonchev–Trinajstić information content (AvgIpc) is 2.67. The summed E-state index contributed by atoms with van der Waals surface area (Å²) in [5.74, 6) is -0.462. The first kappa shape index (κ1) is 17.1. The molecule has 6 heteroatoms. The Morgan fingerprint density at radius 3 is 2.00 bits per heavy atom. The Labute approximate surface area is 161 Å². The van der Waals surface area contributed by atoms with Gasteiger partial charge in [-0.3, -0.25) is 9.59 Å². The fourth-order valence-corrected chi connectivity index (χ4v) is 3.97. The van der Waals surface area contributed by atoms with Crippen molar-refractivity contribution in [3.63, 3.8) is 0 Å². The first-order chi connectivity index (χ1) is 12.6. The fourth-order valence-electron chi connectivity index (χ4n) is 3.48. The number of anilines is 1. The Balaban J connectivity index is 1.57. The van der Waals surface area contributed by atoms with Crippen molar-refractivity contribution in [1.29, 1.82) is 0 Å². The Bertz CT molecular complexity index is 931. The van der Waals surface area contributed by atoms with Crippen molar-refractivity contribution in [2.24, 2.45) is 0 Å². The maximum Gasteiger partial charge on any atom is 0.211 e. The summed E-state index contributed by atoms with van der Waals surface area (Å²) in [5.41, 5.74) is 2.17. The van der Waals surface area contributed by atoms with Gasteiger partial charge in [-0.25, -0.2) is 0 Å². The number of ketones is 2. The van der Waals surface area contributed by atoms with E-state index in [4.69, 9.17) is 23.2 Å². The summed E-state index contributed by atoms with van der Waals surface area (Å²) < 4.78 is 0. The molecule has 2 aromatic rings. The van der Waals surface area contributed by atoms with Crippen molar-refractivity contribution in [2.75, 3.05) is 31.1 Å². The van der Waals surface area contributed by atoms with Gasteiger partial charge >= 0.3 is 0 Å². The van der Waals surface area contributed by atoms with E-state index in [2.05, 4.69) is 4.90 Å². The third-order valence-corrected chi connectivity index (χ3v) is 5.39. The lowest BCUT2D eigenvalue weighted by molar-refractivity contribution is 0.0945. The Hall–Kier alpha value is -2.30. The largest absolute Gasteiger partial charge is 0.368 e. The van der Waals surface area contributed by atoms with Crippen molar-refractivity contribution in [3.05, 3.63) is 75.4 Å². The molecule has 0 amide bonds. The first-order valence-electron chi connectivity index (χ1n) is 8.40. The number of nitrogens with zero attached hydrogens (tertiary/aromatic N) is 2. The van der Waals surface area contributed by atoms with Gasteiger partial charge in [0.15, 0.2) is 0 Å². The van der Waals surface area contributed by atoms with Gasteiger partial charge in [-0.05, 0) is 18.2 Å². The zero-order valence-corrected chi connectivity index (χ0v) is 15.4. The molecular weight excluding hydrogens is 371 g/mol. The number of benzene rings is 2. The Kier molecular flexibility index (Phi) is 4.47. The molecule has 0 atom stereocenters. The lowest BCUT2D eigenvalue weighted by Crippen LogP contribution is -2.48. The predicted octanol–water partition coefficient (Wildman–Crippen LogP) is 3.99. The molecule has 1 fully saturated rings. The van der Waals surface area contributed by atoms with Crippen molar-refractivity contribution in [1.82, 2.24) is 4.90 Å². The molecule has 4 nitrogen and oxygen atoms in total. The van der Waals surface area contributed by atoms with Crippen molar-refractivity contribution >= 4 is 40.5 Å². The third-order valence-electron chi connectivity index (χ3n) is 4.81. The molecular formula is C20H16Cl2N2O2. The molecule has 2 aliphatic rings. The number of rotatable bonds is 2. The van der Waals surface area contributed by atoms with Gasteiger partial charge in [0.1, 0.15) is 10.7 Å². The number of piperazine rings is 1. The SMILES string of the molecule is O=C1C(Cl)=C(N2CCN(c3cccc(Cl)c3)CC2)C(=O)c2ccccc21. The fraction of sp³-hybridized carbons (Fsp3) is 0.200. The molecule has 1 aliphatic heterocycles. The highest BCUT2D eigenvalue weighted by Crippen LogP contribution is 2.31. The van der Waals surface area contributed by atoms with E-state index in [0.29, 0.717) is 34.9 Å². The highest BCUT2D eigenvalue weighted by atomic mass is 35.5. The van der Waals surface area contributed by atoms with E-state index in [1.807, 2.05) is 29.2 Å². The minimum Gasteiger partial charge on any atom is -0.368 e. The van der Waals surface area contributed by atoms with Crippen molar-refractivity contribution in [3.8, 4) is 0 Å². The molecule has 132 valence electrons. The average molecular weight is 387 g/mol. The highest BCUT2D eigenvalue weighted by Gasteiger charge is 2.35. The van der Waals surface area contributed by atoms with E-state index in [-0.39, 0.29) is 16.6 Å². The second-order valence-corrected chi connectivity index (χ2v) is 7.13. The summed E-state index contributed by atoms with van der Waals surface area (Å²) >= 11 is 12.4. The lowest BCUT2D eigenvalue weighted by atomic mass is 9.91. The molecule has 2 aromatic carbocycles. The van der Waals surface area contributed by atoms with Crippen LogP contribution in [0.25, 0.3) is 0 Å². The monoisotopic (exact) mass is 386 g/mol. The predicted molar refractivity (Wildman–Crippen MR) is 103 cm³/mol. The first-order valence-corrected chi connectivity index (χ1v) is 9.15. The third kappa shape index (κ3) is 2.89. The van der Waals surface area contributed by atoms with Crippen LogP contribution in [0.15, 0.2) is 59.3 Å². The number of carbonyl (C=O) groups excluding carboxylic acids is 2. The van der Waals surface area contributed by atoms with Gasteiger partial charge in [0.05, 0.1) is 0 Å². The van der Waals surface area contributed by atoms with Crippen LogP contribution in [0.2, 0.25) is 5.02 Å². The van der Waals surface area contributed by atoms with Gasteiger partial charge < -0.3 is 9.80 Å². The number of carbonyl (C=O) groups is 2. The van der Waals surface area contributed by atoms with E-state index >= 15 is 0 Å². The van der Waals surface area contributed by atoms with Gasteiger partial charge in [-0.1, -0.05) is 53.5 Å². The van der Waals surface area contributed by atoms with E-state index in [1.54, 1.807) is 24.3 Å². The second kappa shape index (κ2) is 6.78. The van der Waals surface area contributed by atoms with Gasteiger partial charge in [0.2, 0.25) is 11.6 Å². The van der Waals surface area contributed by atoms with Crippen LogP contribution in [0.3, 0.4) is 0 Å². The number of hydrogen-bond donors (Lipinski definition) is 0. The van der Waals surface area contributed by atoms with E-state index in [9.17, 15) is 9.59 Å². The van der Waals surface area contributed by atoms with Crippen LogP contribution in [0.4, 0.5) is 5.69 Å². The second-order valence-electron chi connectivity index (χ2n) is 6.32. The summed E-state index contributed by atoms with van der Waals surface area (Å²) in [6.07, 6.45) is 0. The Morgan fingerprint density at radius 1 is 0.731 bits per heavy atom. The van der Waals surface area contributed by atoms with Crippen molar-refractivity contribution in [2.45, 2.75) is 0 Å². The van der Waals surface area contributed by atoms with Gasteiger partial charge in [-0.15, -0.1) is 0 Å². The van der Waals surface area contributed by atoms with Crippen LogP contribution in [0.1, 0.15) is 20.7 Å². The maximum atomic E-state index is 12.9. The molecule has 1 heterocycles. The minimum atomic E-state index is -0.283. The molecule has 0 radical (unpaired) electrons. The highest BCUT2D eigenvalue weighted by molar-refractivity contribution is 6.49. The van der Waals surface area contributed by atoms with E-state index in [1.165, 1.54) is 0 Å². The zero-order valence-electron chi connectivity index (χ0n) is 13.9. The van der Waals surface area contributed by atoms with Crippen LogP contribution in [0, 0.1) is 0 Å². The summed E-state index contributed by atoms with van der Waals surface area (Å²) in [5, 5.41) is 0.713. The van der Waals surface area contributed by atoms with Gasteiger partial charge in [0.25, 0.3) is 0 Å². The summed E-state index contributed by atoms with van der Waals surface area (Å²) in [7, 11) is 0. The van der Waals surface area contributed by atoms with E-state index < -0.39 is 0 Å². The molecule has 0 N–H and O–H groups in total. The number of hydrogen-bond acceptors (Lipinski definition) is 4. The number of halogens is 2. The summed E-state index contributed by atoms with van der Waals surface area (Å²) in [6.45, 7) is 2.66. The van der Waals surface area contributed by atoms with Crippen LogP contribution < -0.4 is 4.90 Å². The molecule has 26 heavy (non-hydrogen) atoms. The molecule has 0 bridgehead atoms. The summed E-state index contributed by atoms with van der Waals surface area (Å²) in [6, 6.07) is 14.5. The summed E-state index contributed by atoms with van der Waals surface area (Å²) in [4.78, 5) is 29.6. The van der Waals surface area contributed by atoms with Gasteiger partial charge in [-0.2, -0.15) is 0 Å².